The average molecular weight is 237 g/mol. The Labute approximate surface area is 98.2 Å². The van der Waals surface area contributed by atoms with Gasteiger partial charge in [0.1, 0.15) is 0 Å². The second-order valence-corrected chi connectivity index (χ2v) is 3.59. The van der Waals surface area contributed by atoms with Crippen LogP contribution in [-0.4, -0.2) is 5.97 Å². The minimum atomic E-state index is -0.328. The number of carbonyl (C=O) groups is 1. The number of nitrogens with one attached hydrogen (secondary N) is 1. The Morgan fingerprint density at radius 3 is 2.50 bits per heavy atom. The number of hydrogen-bond donors (Lipinski definition) is 1. The van der Waals surface area contributed by atoms with E-state index in [4.69, 9.17) is 0 Å². The largest absolute Gasteiger partial charge is 0.448 e. The van der Waals surface area contributed by atoms with E-state index in [0.717, 1.165) is 17.8 Å². The molecule has 0 radical (unpaired) electrons. The smallest absolute Gasteiger partial charge is 0.337 e. The van der Waals surface area contributed by atoms with E-state index in [0.29, 0.717) is 5.57 Å². The Hall–Kier alpha value is -1.34. The van der Waals surface area contributed by atoms with Gasteiger partial charge in [-0.15, -0.1) is 0 Å². The highest BCUT2D eigenvalue weighted by molar-refractivity contribution is 7.10. The maximum absolute atomic E-state index is 11.4. The van der Waals surface area contributed by atoms with Crippen LogP contribution in [0, 0.1) is 0 Å². The number of anilines is 1. The van der Waals surface area contributed by atoms with E-state index in [2.05, 4.69) is 9.84 Å². The lowest BCUT2D eigenvalue weighted by molar-refractivity contribution is -0.129. The monoisotopic (exact) mass is 237 g/mol. The molecule has 1 atom stereocenters. The van der Waals surface area contributed by atoms with Crippen molar-refractivity contribution in [3.05, 3.63) is 41.6 Å². The van der Waals surface area contributed by atoms with Gasteiger partial charge in [0.15, 0.2) is 0 Å². The molecular formula is C12H16NO2P. The van der Waals surface area contributed by atoms with Gasteiger partial charge in [-0.1, -0.05) is 25.1 Å². The van der Waals surface area contributed by atoms with E-state index < -0.39 is 0 Å². The minimum Gasteiger partial charge on any atom is -0.448 e. The highest BCUT2D eigenvalue weighted by atomic mass is 31.0. The molecule has 3 nitrogen and oxygen atoms in total. The lowest BCUT2D eigenvalue weighted by atomic mass is 10.2. The third-order valence-electron chi connectivity index (χ3n) is 2.29. The Morgan fingerprint density at radius 2 is 2.00 bits per heavy atom. The molecule has 1 rings (SSSR count). The van der Waals surface area contributed by atoms with Crippen LogP contribution in [0.1, 0.15) is 20.3 Å². The Bertz CT molecular complexity index is 387. The van der Waals surface area contributed by atoms with Gasteiger partial charge in [-0.25, -0.2) is 4.79 Å². The maximum atomic E-state index is 11.4. The molecule has 1 aromatic rings. The Morgan fingerprint density at radius 1 is 1.38 bits per heavy atom. The fraction of sp³-hybridized carbons (Fsp3) is 0.250. The van der Waals surface area contributed by atoms with Crippen molar-refractivity contribution in [1.82, 2.24) is 0 Å². The number of benzene rings is 1. The molecule has 0 spiro atoms. The van der Waals surface area contributed by atoms with Crippen LogP contribution in [-0.2, 0) is 9.32 Å². The molecule has 0 aliphatic heterocycles. The summed E-state index contributed by atoms with van der Waals surface area (Å²) in [5.41, 5.74) is 2.44. The van der Waals surface area contributed by atoms with Crippen molar-refractivity contribution in [2.24, 2.45) is 0 Å². The summed E-state index contributed by atoms with van der Waals surface area (Å²) in [6.45, 7) is 3.74. The molecule has 16 heavy (non-hydrogen) atoms. The van der Waals surface area contributed by atoms with Crippen molar-refractivity contribution in [1.29, 1.82) is 0 Å². The van der Waals surface area contributed by atoms with Gasteiger partial charge in [-0.3, -0.25) is 0 Å². The molecule has 4 heteroatoms. The van der Waals surface area contributed by atoms with Crippen molar-refractivity contribution < 1.29 is 9.32 Å². The average Bonchev–Trinajstić information content (AvgIpc) is 2.35. The van der Waals surface area contributed by atoms with Gasteiger partial charge in [-0.2, -0.15) is 0 Å². The molecular weight excluding hydrogens is 221 g/mol. The molecule has 1 N–H and O–H groups in total. The molecule has 0 saturated heterocycles. The van der Waals surface area contributed by atoms with E-state index in [1.165, 1.54) is 0 Å². The van der Waals surface area contributed by atoms with Crippen molar-refractivity contribution in [2.45, 2.75) is 20.3 Å². The molecule has 86 valence electrons. The van der Waals surface area contributed by atoms with Crippen molar-refractivity contribution in [3.8, 4) is 0 Å². The van der Waals surface area contributed by atoms with Crippen LogP contribution in [0.2, 0.25) is 0 Å². The van der Waals surface area contributed by atoms with E-state index in [9.17, 15) is 4.79 Å². The van der Waals surface area contributed by atoms with Crippen LogP contribution in [0.15, 0.2) is 41.6 Å². The molecule has 0 saturated carbocycles. The number of hydrogen-bond acceptors (Lipinski definition) is 3. The first kappa shape index (κ1) is 12.7. The van der Waals surface area contributed by atoms with E-state index in [-0.39, 0.29) is 5.97 Å². The highest BCUT2D eigenvalue weighted by Gasteiger charge is 2.09. The van der Waals surface area contributed by atoms with E-state index in [1.807, 2.05) is 46.7 Å². The summed E-state index contributed by atoms with van der Waals surface area (Å²) in [6.07, 6.45) is 0.750. The minimum absolute atomic E-state index is 0.328. The zero-order valence-electron chi connectivity index (χ0n) is 9.49. The molecule has 0 heterocycles. The second-order valence-electron chi connectivity index (χ2n) is 3.35. The zero-order chi connectivity index (χ0) is 12.0. The Kier molecular flexibility index (Phi) is 5.00. The predicted octanol–water partition coefficient (Wildman–Crippen LogP) is 3.12. The van der Waals surface area contributed by atoms with Crippen LogP contribution < -0.4 is 5.32 Å². The normalized spacial score (nSPS) is 11.7. The first-order valence-electron chi connectivity index (χ1n) is 5.12. The molecule has 1 aromatic carbocycles. The fourth-order valence-corrected chi connectivity index (χ4v) is 1.53. The zero-order valence-corrected chi connectivity index (χ0v) is 10.6. The molecule has 0 amide bonds. The van der Waals surface area contributed by atoms with E-state index >= 15 is 0 Å². The summed E-state index contributed by atoms with van der Waals surface area (Å²) < 4.78 is 4.61. The predicted molar refractivity (Wildman–Crippen MR) is 68.9 cm³/mol. The van der Waals surface area contributed by atoms with Crippen molar-refractivity contribution >= 4 is 21.1 Å². The highest BCUT2D eigenvalue weighted by Crippen LogP contribution is 2.16. The molecule has 0 aliphatic rings. The molecule has 0 bridgehead atoms. The van der Waals surface area contributed by atoms with Crippen molar-refractivity contribution in [3.63, 3.8) is 0 Å². The summed E-state index contributed by atoms with van der Waals surface area (Å²) in [5.74, 6) is -0.328. The number of carbonyl (C=O) groups excluding carboxylic acids is 1. The molecule has 0 aliphatic carbocycles. The second kappa shape index (κ2) is 6.29. The van der Waals surface area contributed by atoms with Gasteiger partial charge in [0.25, 0.3) is 0 Å². The summed E-state index contributed by atoms with van der Waals surface area (Å²) >= 11 is 0. The molecule has 0 aromatic heterocycles. The third-order valence-corrected chi connectivity index (χ3v) is 2.50. The number of allylic oxidation sites excluding steroid dienone is 1. The van der Waals surface area contributed by atoms with E-state index in [1.54, 1.807) is 6.92 Å². The summed E-state index contributed by atoms with van der Waals surface area (Å²) in [4.78, 5) is 11.4. The molecule has 1 unspecified atom stereocenters. The van der Waals surface area contributed by atoms with Crippen LogP contribution in [0.5, 0.6) is 0 Å². The van der Waals surface area contributed by atoms with Gasteiger partial charge in [0.05, 0.1) is 15.0 Å². The van der Waals surface area contributed by atoms with Gasteiger partial charge in [0.2, 0.25) is 0 Å². The van der Waals surface area contributed by atoms with Gasteiger partial charge >= 0.3 is 5.97 Å². The third kappa shape index (κ3) is 3.35. The summed E-state index contributed by atoms with van der Waals surface area (Å²) in [6, 6.07) is 9.74. The quantitative estimate of drug-likeness (QED) is 0.646. The van der Waals surface area contributed by atoms with Gasteiger partial charge in [0, 0.05) is 11.4 Å². The lowest BCUT2D eigenvalue weighted by Crippen LogP contribution is -2.08. The fourth-order valence-electron chi connectivity index (χ4n) is 1.35. The molecule has 0 fully saturated rings. The number of para-hydroxylation sites is 1. The van der Waals surface area contributed by atoms with Gasteiger partial charge in [-0.05, 0) is 25.5 Å². The first-order chi connectivity index (χ1) is 7.69. The summed E-state index contributed by atoms with van der Waals surface area (Å²) in [5, 5.41) is 3.21. The van der Waals surface area contributed by atoms with Crippen LogP contribution in [0.25, 0.3) is 0 Å². The standard InChI is InChI=1S/C12H16NO2P/c1-3-11(9(2)12(14)15-16)13-10-7-5-4-6-8-10/h4-8,13H,3,16H2,1-2H3. The SMILES string of the molecule is CCC(Nc1ccccc1)=C(C)C(=O)OP. The van der Waals surface area contributed by atoms with Crippen LogP contribution in [0.4, 0.5) is 5.69 Å². The maximum Gasteiger partial charge on any atom is 0.337 e. The van der Waals surface area contributed by atoms with Crippen LogP contribution >= 0.6 is 9.47 Å². The lowest BCUT2D eigenvalue weighted by Gasteiger charge is -2.11. The van der Waals surface area contributed by atoms with Gasteiger partial charge < -0.3 is 9.84 Å². The Balaban J connectivity index is 2.88. The number of rotatable bonds is 4. The first-order valence-corrected chi connectivity index (χ1v) is 5.59. The summed E-state index contributed by atoms with van der Waals surface area (Å²) in [7, 11) is 1.97. The van der Waals surface area contributed by atoms with Crippen molar-refractivity contribution in [2.75, 3.05) is 5.32 Å². The topological polar surface area (TPSA) is 38.3 Å². The van der Waals surface area contributed by atoms with Crippen LogP contribution in [0.3, 0.4) is 0 Å².